The molecule has 0 spiro atoms. The molecule has 2 N–H and O–H groups in total. The number of nitrogens with zero attached hydrogens (tertiary/aromatic N) is 1. The van der Waals surface area contributed by atoms with E-state index in [-0.39, 0.29) is 0 Å². The lowest BCUT2D eigenvalue weighted by Gasteiger charge is -2.17. The summed E-state index contributed by atoms with van der Waals surface area (Å²) in [4.78, 5) is 11.4. The van der Waals surface area contributed by atoms with E-state index >= 15 is 0 Å². The molecule has 7 heteroatoms. The number of hydrazone groups is 1. The zero-order chi connectivity index (χ0) is 14.4. The molecular weight excluding hydrogens is 316 g/mol. The van der Waals surface area contributed by atoms with Crippen LogP contribution in [0.25, 0.3) is 0 Å². The molecule has 0 radical (unpaired) electrons. The molecule has 0 aliphatic carbocycles. The molecule has 0 bridgehead atoms. The first-order chi connectivity index (χ1) is 9.03. The highest BCUT2D eigenvalue weighted by molar-refractivity contribution is 9.10. The minimum absolute atomic E-state index is 0.412. The highest BCUT2D eigenvalue weighted by atomic mass is 79.9. The lowest BCUT2D eigenvalue weighted by molar-refractivity contribution is -0.147. The van der Waals surface area contributed by atoms with Crippen LogP contribution in [0.1, 0.15) is 12.5 Å². The highest BCUT2D eigenvalue weighted by Crippen LogP contribution is 2.37. The number of carbonyl (C=O) groups excluding carboxylic acids is 1. The molecule has 6 nitrogen and oxygen atoms in total. The van der Waals surface area contributed by atoms with Crippen LogP contribution in [0.5, 0.6) is 11.5 Å². The van der Waals surface area contributed by atoms with Crippen LogP contribution < -0.4 is 15.3 Å². The van der Waals surface area contributed by atoms with Gasteiger partial charge in [0, 0.05) is 0 Å². The molecule has 0 saturated heterocycles. The van der Waals surface area contributed by atoms with Crippen molar-refractivity contribution in [2.45, 2.75) is 13.0 Å². The average Bonchev–Trinajstić information content (AvgIpc) is 2.40. The van der Waals surface area contributed by atoms with Crippen LogP contribution in [0, 0.1) is 0 Å². The number of carbonyl (C=O) groups is 1. The van der Waals surface area contributed by atoms with E-state index < -0.39 is 12.1 Å². The summed E-state index contributed by atoms with van der Waals surface area (Å²) in [5, 5.41) is 3.44. The monoisotopic (exact) mass is 330 g/mol. The first-order valence-electron chi connectivity index (χ1n) is 5.38. The Morgan fingerprint density at radius 1 is 1.47 bits per heavy atom. The molecule has 1 aromatic rings. The Morgan fingerprint density at radius 2 is 2.16 bits per heavy atom. The molecular formula is C12H15BrN2O4. The molecule has 19 heavy (non-hydrogen) atoms. The fraction of sp³-hybridized carbons (Fsp3) is 0.333. The van der Waals surface area contributed by atoms with Crippen molar-refractivity contribution < 1.29 is 19.0 Å². The molecule has 0 heterocycles. The summed E-state index contributed by atoms with van der Waals surface area (Å²) in [6.07, 6.45) is 0.727. The first kappa shape index (κ1) is 15.3. The maximum atomic E-state index is 11.4. The van der Waals surface area contributed by atoms with Gasteiger partial charge in [-0.3, -0.25) is 0 Å². The third kappa shape index (κ3) is 3.85. The third-order valence-electron chi connectivity index (χ3n) is 2.30. The number of rotatable bonds is 5. The summed E-state index contributed by atoms with van der Waals surface area (Å²) in [5.41, 5.74) is 0.740. The number of methoxy groups -OCH3 is 2. The van der Waals surface area contributed by atoms with Crippen LogP contribution in [0.15, 0.2) is 21.7 Å². The van der Waals surface area contributed by atoms with Gasteiger partial charge < -0.3 is 20.1 Å². The summed E-state index contributed by atoms with van der Waals surface area (Å²) >= 11 is 3.35. The predicted octanol–water partition coefficient (Wildman–Crippen LogP) is 1.69. The Labute approximate surface area is 119 Å². The van der Waals surface area contributed by atoms with Crippen LogP contribution in [-0.2, 0) is 9.53 Å². The molecule has 0 amide bonds. The number of hydrogen-bond acceptors (Lipinski definition) is 6. The minimum atomic E-state index is -0.746. The van der Waals surface area contributed by atoms with E-state index in [2.05, 4.69) is 25.8 Å². The van der Waals surface area contributed by atoms with Crippen LogP contribution in [0.2, 0.25) is 0 Å². The van der Waals surface area contributed by atoms with Crippen molar-refractivity contribution >= 4 is 28.1 Å². The van der Waals surface area contributed by atoms with Crippen LogP contribution in [0.3, 0.4) is 0 Å². The zero-order valence-electron chi connectivity index (χ0n) is 10.8. The van der Waals surface area contributed by atoms with E-state index in [0.717, 1.165) is 5.56 Å². The van der Waals surface area contributed by atoms with Gasteiger partial charge in [-0.2, -0.15) is 5.10 Å². The van der Waals surface area contributed by atoms with Gasteiger partial charge in [0.2, 0.25) is 0 Å². The summed E-state index contributed by atoms with van der Waals surface area (Å²) in [7, 11) is 2.80. The van der Waals surface area contributed by atoms with Gasteiger partial charge in [-0.15, -0.1) is 0 Å². The van der Waals surface area contributed by atoms with Crippen molar-refractivity contribution in [3.63, 3.8) is 0 Å². The van der Waals surface area contributed by atoms with Crippen molar-refractivity contribution in [2.75, 3.05) is 14.2 Å². The first-order valence-corrected chi connectivity index (χ1v) is 6.18. The van der Waals surface area contributed by atoms with E-state index in [1.54, 1.807) is 19.1 Å². The Kier molecular flexibility index (Phi) is 5.62. The summed E-state index contributed by atoms with van der Waals surface area (Å²) in [6, 6.07) is 3.44. The van der Waals surface area contributed by atoms with E-state index in [4.69, 9.17) is 15.3 Å². The Hall–Kier alpha value is -1.76. The van der Waals surface area contributed by atoms with Crippen molar-refractivity contribution in [3.8, 4) is 11.5 Å². The number of halogens is 1. The van der Waals surface area contributed by atoms with Crippen molar-refractivity contribution in [1.29, 1.82) is 0 Å². The predicted molar refractivity (Wildman–Crippen MR) is 74.6 cm³/mol. The quantitative estimate of drug-likeness (QED) is 0.384. The Balaban J connectivity index is 3.09. The van der Waals surface area contributed by atoms with E-state index in [0.29, 0.717) is 16.0 Å². The molecule has 1 unspecified atom stereocenters. The normalized spacial score (nSPS) is 12.2. The van der Waals surface area contributed by atoms with Gasteiger partial charge in [0.1, 0.15) is 0 Å². The lowest BCUT2D eigenvalue weighted by Crippen LogP contribution is -2.25. The maximum Gasteiger partial charge on any atom is 0.346 e. The van der Waals surface area contributed by atoms with Gasteiger partial charge in [-0.1, -0.05) is 0 Å². The minimum Gasteiger partial charge on any atom is -0.493 e. The van der Waals surface area contributed by atoms with Crippen LogP contribution >= 0.6 is 15.9 Å². The number of ether oxygens (including phenoxy) is 3. The Morgan fingerprint density at radius 3 is 2.68 bits per heavy atom. The van der Waals surface area contributed by atoms with Crippen LogP contribution in [0.4, 0.5) is 0 Å². The molecule has 0 aliphatic rings. The summed E-state index contributed by atoms with van der Waals surface area (Å²) in [5.74, 6) is 5.50. The number of hydrogen-bond donors (Lipinski definition) is 1. The third-order valence-corrected chi connectivity index (χ3v) is 2.89. The molecule has 1 rings (SSSR count). The second-order valence-electron chi connectivity index (χ2n) is 3.60. The highest BCUT2D eigenvalue weighted by Gasteiger charge is 2.19. The van der Waals surface area contributed by atoms with Gasteiger partial charge >= 0.3 is 5.97 Å². The summed E-state index contributed by atoms with van der Waals surface area (Å²) < 4.78 is 16.0. The molecule has 104 valence electrons. The Bertz CT molecular complexity index is 491. The molecule has 1 atom stereocenters. The van der Waals surface area contributed by atoms with E-state index in [1.807, 2.05) is 0 Å². The van der Waals surface area contributed by atoms with Crippen molar-refractivity contribution in [2.24, 2.45) is 10.9 Å². The number of nitrogens with two attached hydrogens (primary N) is 1. The molecule has 1 aromatic carbocycles. The molecule has 0 saturated carbocycles. The number of esters is 1. The van der Waals surface area contributed by atoms with Gasteiger partial charge in [0.05, 0.1) is 24.9 Å². The van der Waals surface area contributed by atoms with Gasteiger partial charge in [0.25, 0.3) is 0 Å². The van der Waals surface area contributed by atoms with Gasteiger partial charge in [-0.05, 0) is 40.5 Å². The maximum absolute atomic E-state index is 11.4. The molecule has 0 fully saturated rings. The fourth-order valence-corrected chi connectivity index (χ4v) is 1.96. The SMILES string of the molecule is COC(=O)C(C)Oc1c(Br)cc(C=NN)cc1OC. The van der Waals surface area contributed by atoms with Crippen molar-refractivity contribution in [3.05, 3.63) is 22.2 Å². The smallest absolute Gasteiger partial charge is 0.346 e. The fourth-order valence-electron chi connectivity index (χ4n) is 1.41. The van der Waals surface area contributed by atoms with Crippen LogP contribution in [-0.4, -0.2) is 32.5 Å². The second-order valence-corrected chi connectivity index (χ2v) is 4.45. The lowest BCUT2D eigenvalue weighted by atomic mass is 10.2. The van der Waals surface area contributed by atoms with E-state index in [9.17, 15) is 4.79 Å². The summed E-state index contributed by atoms with van der Waals surface area (Å²) in [6.45, 7) is 1.59. The van der Waals surface area contributed by atoms with Crippen molar-refractivity contribution in [1.82, 2.24) is 0 Å². The van der Waals surface area contributed by atoms with Gasteiger partial charge in [-0.25, -0.2) is 4.79 Å². The van der Waals surface area contributed by atoms with Gasteiger partial charge in [0.15, 0.2) is 17.6 Å². The molecule has 0 aliphatic heterocycles. The van der Waals surface area contributed by atoms with E-state index in [1.165, 1.54) is 20.4 Å². The largest absolute Gasteiger partial charge is 0.493 e. The topological polar surface area (TPSA) is 83.1 Å². The second kappa shape index (κ2) is 6.98. The zero-order valence-corrected chi connectivity index (χ0v) is 12.4. The molecule has 0 aromatic heterocycles. The standard InChI is InChI=1S/C12H15BrN2O4/c1-7(12(16)18-3)19-11-9(13)4-8(6-15-14)5-10(11)17-2/h4-7H,14H2,1-3H3. The average molecular weight is 331 g/mol. The number of benzene rings is 1.